The fourth-order valence-electron chi connectivity index (χ4n) is 5.85. The van der Waals surface area contributed by atoms with Crippen molar-refractivity contribution < 1.29 is 19.0 Å². The lowest BCUT2D eigenvalue weighted by atomic mass is 9.73. The second-order valence-corrected chi connectivity index (χ2v) is 12.3. The van der Waals surface area contributed by atoms with Crippen LogP contribution in [-0.2, 0) is 32.2 Å². The molecule has 4 nitrogen and oxygen atoms in total. The van der Waals surface area contributed by atoms with Gasteiger partial charge in [-0.1, -0.05) is 127 Å². The maximum atomic E-state index is 14.0. The molecule has 2 atom stereocenters. The number of hydrogen-bond donors (Lipinski definition) is 0. The number of carbonyl (C=O) groups is 1. The van der Waals surface area contributed by atoms with Crippen molar-refractivity contribution in [3.05, 3.63) is 177 Å². The molecule has 2 aliphatic carbocycles. The molecule has 4 aromatic carbocycles. The van der Waals surface area contributed by atoms with Gasteiger partial charge in [-0.3, -0.25) is 0 Å². The van der Waals surface area contributed by atoms with Gasteiger partial charge in [-0.15, -0.1) is 0 Å². The largest absolute Gasteiger partial charge is 0.496 e. The first-order valence-corrected chi connectivity index (χ1v) is 15.9. The monoisotopic (exact) mass is 612 g/mol. The van der Waals surface area contributed by atoms with Gasteiger partial charge in [-0.25, -0.2) is 4.79 Å². The van der Waals surface area contributed by atoms with Crippen molar-refractivity contribution >= 4 is 23.3 Å². The first-order chi connectivity index (χ1) is 22.0. The summed E-state index contributed by atoms with van der Waals surface area (Å²) >= 11 is 1.70. The van der Waals surface area contributed by atoms with E-state index in [1.54, 1.807) is 18.9 Å². The Morgan fingerprint density at radius 1 is 0.711 bits per heavy atom. The minimum atomic E-state index is -0.379. The molecule has 0 bridgehead atoms. The van der Waals surface area contributed by atoms with E-state index >= 15 is 0 Å². The Morgan fingerprint density at radius 2 is 1.31 bits per heavy atom. The summed E-state index contributed by atoms with van der Waals surface area (Å²) in [4.78, 5) is 16.2. The summed E-state index contributed by atoms with van der Waals surface area (Å²) in [5, 5.41) is 0. The summed E-state index contributed by atoms with van der Waals surface area (Å²) in [6.45, 7) is 4.83. The molecule has 0 saturated carbocycles. The molecule has 0 aromatic heterocycles. The Labute approximate surface area is 269 Å². The zero-order valence-electron chi connectivity index (χ0n) is 25.7. The number of thioether (sulfide) groups is 1. The van der Waals surface area contributed by atoms with Gasteiger partial charge in [0.05, 0.1) is 17.6 Å². The topological polar surface area (TPSA) is 44.8 Å². The molecule has 2 unspecified atom stereocenters. The Bertz CT molecular complexity index is 1770. The number of benzene rings is 4. The summed E-state index contributed by atoms with van der Waals surface area (Å²) in [5.74, 6) is 0.758. The van der Waals surface area contributed by atoms with Crippen molar-refractivity contribution in [3.8, 4) is 0 Å². The predicted octanol–water partition coefficient (Wildman–Crippen LogP) is 9.37. The molecular formula is C40H36O4S. The first-order valence-electron chi connectivity index (χ1n) is 15.1. The molecule has 0 N–H and O–H groups in total. The van der Waals surface area contributed by atoms with Crippen molar-refractivity contribution in [3.63, 3.8) is 0 Å². The maximum Gasteiger partial charge on any atom is 0.338 e. The minimum Gasteiger partial charge on any atom is -0.496 e. The molecule has 4 aromatic rings. The van der Waals surface area contributed by atoms with Gasteiger partial charge in [-0.2, -0.15) is 0 Å². The number of fused-ring (bicyclic) bond motifs is 1. The van der Waals surface area contributed by atoms with Crippen LogP contribution in [0.5, 0.6) is 0 Å². The van der Waals surface area contributed by atoms with Crippen LogP contribution in [0.2, 0.25) is 0 Å². The minimum absolute atomic E-state index is 0.174. The maximum absolute atomic E-state index is 14.0. The van der Waals surface area contributed by atoms with E-state index in [-0.39, 0.29) is 24.4 Å². The normalized spacial score (nSPS) is 17.4. The van der Waals surface area contributed by atoms with E-state index in [1.807, 2.05) is 84.9 Å². The van der Waals surface area contributed by atoms with Crippen molar-refractivity contribution in [2.24, 2.45) is 11.8 Å². The average molecular weight is 613 g/mol. The third-order valence-corrected chi connectivity index (χ3v) is 9.54. The van der Waals surface area contributed by atoms with E-state index in [4.69, 9.17) is 14.2 Å². The van der Waals surface area contributed by atoms with E-state index in [9.17, 15) is 4.79 Å². The highest BCUT2D eigenvalue weighted by molar-refractivity contribution is 8.03. The summed E-state index contributed by atoms with van der Waals surface area (Å²) in [5.41, 5.74) is 6.79. The summed E-state index contributed by atoms with van der Waals surface area (Å²) < 4.78 is 18.5. The molecule has 0 fully saturated rings. The number of esters is 1. The molecule has 6 rings (SSSR count). The molecule has 226 valence electrons. The highest BCUT2D eigenvalue weighted by Crippen LogP contribution is 2.49. The van der Waals surface area contributed by atoms with Gasteiger partial charge in [-0.05, 0) is 59.4 Å². The highest BCUT2D eigenvalue weighted by Gasteiger charge is 2.39. The van der Waals surface area contributed by atoms with Crippen LogP contribution in [0.1, 0.15) is 27.8 Å². The van der Waals surface area contributed by atoms with E-state index in [0.717, 1.165) is 32.9 Å². The lowest BCUT2D eigenvalue weighted by molar-refractivity contribution is -0.139. The van der Waals surface area contributed by atoms with Gasteiger partial charge in [0.25, 0.3) is 0 Å². The molecule has 2 aliphatic rings. The number of carbonyl (C=O) groups excluding carboxylic acids is 1. The smallest absolute Gasteiger partial charge is 0.338 e. The molecule has 0 saturated heterocycles. The van der Waals surface area contributed by atoms with E-state index in [1.165, 1.54) is 16.0 Å². The molecule has 0 heterocycles. The van der Waals surface area contributed by atoms with Gasteiger partial charge in [0.1, 0.15) is 24.7 Å². The molecule has 5 heteroatoms. The van der Waals surface area contributed by atoms with Crippen molar-refractivity contribution in [1.29, 1.82) is 0 Å². The summed E-state index contributed by atoms with van der Waals surface area (Å²) in [6, 6.07) is 36.3. The van der Waals surface area contributed by atoms with Crippen LogP contribution < -0.4 is 0 Å². The fraction of sp³-hybridized carbons (Fsp3) is 0.175. The third kappa shape index (κ3) is 6.84. The van der Waals surface area contributed by atoms with E-state index in [0.29, 0.717) is 17.9 Å². The van der Waals surface area contributed by atoms with Crippen LogP contribution in [0.25, 0.3) is 5.57 Å². The molecule has 45 heavy (non-hydrogen) atoms. The lowest BCUT2D eigenvalue weighted by Crippen LogP contribution is -2.27. The van der Waals surface area contributed by atoms with Crippen LogP contribution in [0.4, 0.5) is 0 Å². The van der Waals surface area contributed by atoms with Gasteiger partial charge >= 0.3 is 5.97 Å². The number of hydrogen-bond acceptors (Lipinski definition) is 5. The van der Waals surface area contributed by atoms with Crippen LogP contribution in [0.15, 0.2) is 154 Å². The molecular weight excluding hydrogens is 577 g/mol. The fourth-order valence-corrected chi connectivity index (χ4v) is 7.00. The van der Waals surface area contributed by atoms with Crippen molar-refractivity contribution in [2.45, 2.75) is 32.0 Å². The van der Waals surface area contributed by atoms with Gasteiger partial charge in [0, 0.05) is 16.7 Å². The van der Waals surface area contributed by atoms with Crippen LogP contribution in [0, 0.1) is 25.7 Å². The molecule has 0 aliphatic heterocycles. The predicted molar refractivity (Wildman–Crippen MR) is 181 cm³/mol. The van der Waals surface area contributed by atoms with Gasteiger partial charge in [0.2, 0.25) is 0 Å². The quantitative estimate of drug-likeness (QED) is 0.167. The SMILES string of the molecule is COC1=CC2C(OCc3ccccc3)=CC(C(=O)OCc3ccccc3)=C(c3ccccc3)C2C=C1Sc1c(C)cccc1C. The van der Waals surface area contributed by atoms with E-state index in [2.05, 4.69) is 56.3 Å². The Hall–Kier alpha value is -4.74. The number of aryl methyl sites for hydroxylation is 2. The van der Waals surface area contributed by atoms with Gasteiger partial charge < -0.3 is 14.2 Å². The van der Waals surface area contributed by atoms with Crippen LogP contribution >= 0.6 is 11.8 Å². The van der Waals surface area contributed by atoms with E-state index < -0.39 is 0 Å². The van der Waals surface area contributed by atoms with Gasteiger partial charge in [0.15, 0.2) is 0 Å². The first kappa shape index (κ1) is 30.3. The lowest BCUT2D eigenvalue weighted by Gasteiger charge is -2.36. The Balaban J connectivity index is 1.46. The second kappa shape index (κ2) is 13.9. The highest BCUT2D eigenvalue weighted by atomic mass is 32.2. The summed E-state index contributed by atoms with van der Waals surface area (Å²) in [6.07, 6.45) is 6.26. The van der Waals surface area contributed by atoms with Crippen molar-refractivity contribution in [2.75, 3.05) is 7.11 Å². The zero-order chi connectivity index (χ0) is 31.2. The number of methoxy groups -OCH3 is 1. The number of rotatable bonds is 10. The van der Waals surface area contributed by atoms with Crippen LogP contribution in [0.3, 0.4) is 0 Å². The van der Waals surface area contributed by atoms with Crippen LogP contribution in [-0.4, -0.2) is 13.1 Å². The zero-order valence-corrected chi connectivity index (χ0v) is 26.6. The standard InChI is InChI=1S/C40H36O4S/c1-27-14-13-15-28(2)39(27)45-37-24-33-32(22-36(37)42-3)35(43-25-29-16-7-4-8-17-29)23-34(38(33)31-20-11-6-12-21-31)40(41)44-26-30-18-9-5-10-19-30/h4-24,32-33H,25-26H2,1-3H3. The second-order valence-electron chi connectivity index (χ2n) is 11.2. The Kier molecular flexibility index (Phi) is 9.37. The number of allylic oxidation sites excluding steroid dienone is 3. The van der Waals surface area contributed by atoms with Crippen molar-refractivity contribution in [1.82, 2.24) is 0 Å². The molecule has 0 amide bonds. The molecule has 0 radical (unpaired) electrons. The third-order valence-electron chi connectivity index (χ3n) is 8.14. The number of ether oxygens (including phenoxy) is 3. The average Bonchev–Trinajstić information content (AvgIpc) is 3.08. The molecule has 0 spiro atoms. The Morgan fingerprint density at radius 3 is 1.93 bits per heavy atom. The summed E-state index contributed by atoms with van der Waals surface area (Å²) in [7, 11) is 1.71.